The quantitative estimate of drug-likeness (QED) is 0.351. The van der Waals surface area contributed by atoms with Gasteiger partial charge in [-0.3, -0.25) is 14.9 Å². The standard InChI is InChI=1S/C28H28F2N4O2/c1-17-11-18(8-10-31-17)26-23-12-19(5-7-25(23)33-34-26)27(36)32-22-3-2-9-28(15-22,16-35)14-20-4-6-21(29)13-24(20)30/h4-8,10-13,22,35H,2-3,9,14-16H2,1H3,(H,32,36)(H,33,34). The van der Waals surface area contributed by atoms with Crippen molar-refractivity contribution >= 4 is 16.8 Å². The van der Waals surface area contributed by atoms with E-state index in [2.05, 4.69) is 20.5 Å². The Hall–Kier alpha value is -3.65. The second-order valence-corrected chi connectivity index (χ2v) is 9.86. The van der Waals surface area contributed by atoms with Gasteiger partial charge < -0.3 is 10.4 Å². The number of H-pyrrole nitrogens is 1. The number of fused-ring (bicyclic) bond motifs is 1. The molecule has 8 heteroatoms. The fraction of sp³-hybridized carbons (Fsp3) is 0.321. The van der Waals surface area contributed by atoms with Crippen molar-refractivity contribution in [1.82, 2.24) is 20.5 Å². The Morgan fingerprint density at radius 2 is 2.06 bits per heavy atom. The van der Waals surface area contributed by atoms with Crippen LogP contribution in [0.5, 0.6) is 0 Å². The van der Waals surface area contributed by atoms with Gasteiger partial charge in [-0.05, 0) is 80.0 Å². The fourth-order valence-electron chi connectivity index (χ4n) is 5.34. The highest BCUT2D eigenvalue weighted by Gasteiger charge is 2.37. The van der Waals surface area contributed by atoms with Gasteiger partial charge in [0.1, 0.15) is 17.3 Å². The van der Waals surface area contributed by atoms with Crippen molar-refractivity contribution in [1.29, 1.82) is 0 Å². The van der Waals surface area contributed by atoms with Crippen LogP contribution in [0.2, 0.25) is 0 Å². The Bertz CT molecular complexity index is 1420. The average molecular weight is 491 g/mol. The lowest BCUT2D eigenvalue weighted by atomic mass is 9.69. The molecule has 2 unspecified atom stereocenters. The lowest BCUT2D eigenvalue weighted by Gasteiger charge is -2.40. The maximum Gasteiger partial charge on any atom is 0.251 e. The largest absolute Gasteiger partial charge is 0.396 e. The Labute approximate surface area is 207 Å². The van der Waals surface area contributed by atoms with Gasteiger partial charge in [-0.2, -0.15) is 5.10 Å². The van der Waals surface area contributed by atoms with Crippen molar-refractivity contribution in [2.45, 2.75) is 45.1 Å². The fourth-order valence-corrected chi connectivity index (χ4v) is 5.34. The van der Waals surface area contributed by atoms with E-state index in [9.17, 15) is 18.7 Å². The van der Waals surface area contributed by atoms with E-state index < -0.39 is 17.0 Å². The van der Waals surface area contributed by atoms with E-state index in [4.69, 9.17) is 0 Å². The van der Waals surface area contributed by atoms with E-state index in [-0.39, 0.29) is 25.0 Å². The van der Waals surface area contributed by atoms with Gasteiger partial charge in [-0.15, -0.1) is 0 Å². The zero-order valence-electron chi connectivity index (χ0n) is 20.0. The molecule has 4 aromatic rings. The molecule has 1 saturated carbocycles. The number of hydrogen-bond donors (Lipinski definition) is 3. The number of nitrogens with one attached hydrogen (secondary N) is 2. The molecule has 5 rings (SSSR count). The topological polar surface area (TPSA) is 90.9 Å². The van der Waals surface area contributed by atoms with E-state index in [1.54, 1.807) is 12.3 Å². The number of rotatable bonds is 6. The smallest absolute Gasteiger partial charge is 0.251 e. The molecule has 2 atom stereocenters. The van der Waals surface area contributed by atoms with E-state index >= 15 is 0 Å². The van der Waals surface area contributed by atoms with Crippen LogP contribution in [0, 0.1) is 24.0 Å². The molecule has 36 heavy (non-hydrogen) atoms. The molecule has 1 aliphatic carbocycles. The van der Waals surface area contributed by atoms with Crippen molar-refractivity contribution in [3.8, 4) is 11.3 Å². The number of hydrogen-bond acceptors (Lipinski definition) is 4. The SMILES string of the molecule is Cc1cc(-c2n[nH]c3ccc(C(=O)NC4CCCC(CO)(Cc5ccc(F)cc5F)C4)cc23)ccn1. The number of aliphatic hydroxyl groups is 1. The van der Waals surface area contributed by atoms with Crippen LogP contribution in [-0.4, -0.2) is 38.8 Å². The molecular weight excluding hydrogens is 462 g/mol. The monoisotopic (exact) mass is 490 g/mol. The molecule has 2 aromatic carbocycles. The summed E-state index contributed by atoms with van der Waals surface area (Å²) in [5.74, 6) is -1.44. The molecule has 3 N–H and O–H groups in total. The van der Waals surface area contributed by atoms with Crippen LogP contribution in [0.25, 0.3) is 22.2 Å². The number of aromatic amines is 1. The number of carbonyl (C=O) groups excluding carboxylic acids is 1. The van der Waals surface area contributed by atoms with Gasteiger partial charge in [0.15, 0.2) is 0 Å². The molecule has 186 valence electrons. The number of aromatic nitrogens is 3. The average Bonchev–Trinajstić information content (AvgIpc) is 3.29. The van der Waals surface area contributed by atoms with Crippen LogP contribution in [0.1, 0.15) is 47.3 Å². The molecular formula is C28H28F2N4O2. The zero-order valence-corrected chi connectivity index (χ0v) is 20.0. The minimum atomic E-state index is -0.625. The van der Waals surface area contributed by atoms with Gasteiger partial charge in [0.25, 0.3) is 5.91 Å². The molecule has 0 saturated heterocycles. The lowest BCUT2D eigenvalue weighted by Crippen LogP contribution is -2.45. The molecule has 0 spiro atoms. The van der Waals surface area contributed by atoms with Gasteiger partial charge in [0.05, 0.1) is 5.52 Å². The van der Waals surface area contributed by atoms with Gasteiger partial charge in [0, 0.05) is 47.1 Å². The third-order valence-electron chi connectivity index (χ3n) is 7.19. The van der Waals surface area contributed by atoms with Crippen LogP contribution in [-0.2, 0) is 6.42 Å². The minimum Gasteiger partial charge on any atom is -0.396 e. The molecule has 2 aromatic heterocycles. The normalized spacial score (nSPS) is 19.9. The molecule has 2 heterocycles. The minimum absolute atomic E-state index is 0.133. The van der Waals surface area contributed by atoms with E-state index in [1.165, 1.54) is 12.1 Å². The first kappa shape index (κ1) is 24.1. The lowest BCUT2D eigenvalue weighted by molar-refractivity contribution is 0.0611. The number of aryl methyl sites for hydroxylation is 1. The van der Waals surface area contributed by atoms with Crippen LogP contribution in [0.15, 0.2) is 54.7 Å². The first-order chi connectivity index (χ1) is 17.4. The number of nitrogens with zero attached hydrogens (tertiary/aromatic N) is 2. The zero-order chi connectivity index (χ0) is 25.3. The van der Waals surface area contributed by atoms with Gasteiger partial charge in [0.2, 0.25) is 0 Å². The Morgan fingerprint density at radius 1 is 1.19 bits per heavy atom. The molecule has 1 aliphatic rings. The van der Waals surface area contributed by atoms with Crippen LogP contribution >= 0.6 is 0 Å². The summed E-state index contributed by atoms with van der Waals surface area (Å²) < 4.78 is 27.7. The predicted molar refractivity (Wildman–Crippen MR) is 133 cm³/mol. The molecule has 1 amide bonds. The maximum atomic E-state index is 14.3. The van der Waals surface area contributed by atoms with Crippen molar-refractivity contribution in [2.75, 3.05) is 6.61 Å². The highest BCUT2D eigenvalue weighted by Crippen LogP contribution is 2.40. The number of carbonyl (C=O) groups is 1. The van der Waals surface area contributed by atoms with Crippen molar-refractivity contribution < 1.29 is 18.7 Å². The van der Waals surface area contributed by atoms with Gasteiger partial charge in [-0.1, -0.05) is 12.5 Å². The molecule has 1 fully saturated rings. The van der Waals surface area contributed by atoms with Crippen LogP contribution in [0.3, 0.4) is 0 Å². The molecule has 0 radical (unpaired) electrons. The Kier molecular flexibility index (Phi) is 6.53. The first-order valence-corrected chi connectivity index (χ1v) is 12.1. The van der Waals surface area contributed by atoms with Crippen molar-refractivity contribution in [3.05, 3.63) is 83.2 Å². The van der Waals surface area contributed by atoms with E-state index in [1.807, 2.05) is 31.2 Å². The summed E-state index contributed by atoms with van der Waals surface area (Å²) in [6.07, 6.45) is 4.81. The van der Waals surface area contributed by atoms with Crippen molar-refractivity contribution in [3.63, 3.8) is 0 Å². The van der Waals surface area contributed by atoms with Crippen molar-refractivity contribution in [2.24, 2.45) is 5.41 Å². The van der Waals surface area contributed by atoms with Gasteiger partial charge in [-0.25, -0.2) is 8.78 Å². The summed E-state index contributed by atoms with van der Waals surface area (Å²) in [4.78, 5) is 17.5. The number of halogens is 2. The summed E-state index contributed by atoms with van der Waals surface area (Å²) >= 11 is 0. The highest BCUT2D eigenvalue weighted by molar-refractivity contribution is 6.01. The summed E-state index contributed by atoms with van der Waals surface area (Å²) in [6.45, 7) is 1.78. The second kappa shape index (κ2) is 9.78. The van der Waals surface area contributed by atoms with E-state index in [0.717, 1.165) is 46.8 Å². The molecule has 0 bridgehead atoms. The predicted octanol–water partition coefficient (Wildman–Crippen LogP) is 5.11. The molecule has 0 aliphatic heterocycles. The Morgan fingerprint density at radius 3 is 2.83 bits per heavy atom. The van der Waals surface area contributed by atoms with E-state index in [0.29, 0.717) is 24.0 Å². The maximum absolute atomic E-state index is 14.3. The summed E-state index contributed by atoms with van der Waals surface area (Å²) in [6, 6.07) is 12.6. The van der Waals surface area contributed by atoms with Gasteiger partial charge >= 0.3 is 0 Å². The number of aliphatic hydroxyl groups excluding tert-OH is 1. The highest BCUT2D eigenvalue weighted by atomic mass is 19.1. The molecule has 6 nitrogen and oxygen atoms in total. The number of amides is 1. The summed E-state index contributed by atoms with van der Waals surface area (Å²) in [5.41, 5.74) is 3.69. The third kappa shape index (κ3) is 4.86. The first-order valence-electron chi connectivity index (χ1n) is 12.1. The number of pyridine rings is 1. The second-order valence-electron chi connectivity index (χ2n) is 9.86. The summed E-state index contributed by atoms with van der Waals surface area (Å²) in [5, 5.41) is 21.7. The third-order valence-corrected chi connectivity index (χ3v) is 7.19. The summed E-state index contributed by atoms with van der Waals surface area (Å²) in [7, 11) is 0. The van der Waals surface area contributed by atoms with Crippen LogP contribution in [0.4, 0.5) is 8.78 Å². The Balaban J connectivity index is 1.34. The van der Waals surface area contributed by atoms with Crippen LogP contribution < -0.4 is 5.32 Å². The number of benzene rings is 2.